The SMILES string of the molecule is COC1CCCC1NCc1ccccc1C. The first-order chi connectivity index (χ1) is 7.81. The van der Waals surface area contributed by atoms with E-state index in [2.05, 4.69) is 36.5 Å². The molecule has 1 aliphatic carbocycles. The van der Waals surface area contributed by atoms with Crippen molar-refractivity contribution in [2.45, 2.75) is 44.9 Å². The monoisotopic (exact) mass is 219 g/mol. The summed E-state index contributed by atoms with van der Waals surface area (Å²) < 4.78 is 5.48. The lowest BCUT2D eigenvalue weighted by atomic mass is 10.1. The van der Waals surface area contributed by atoms with E-state index in [0.717, 1.165) is 6.54 Å². The van der Waals surface area contributed by atoms with Gasteiger partial charge in [0.2, 0.25) is 0 Å². The van der Waals surface area contributed by atoms with Crippen LogP contribution in [0.2, 0.25) is 0 Å². The maximum absolute atomic E-state index is 5.48. The lowest BCUT2D eigenvalue weighted by Gasteiger charge is -2.20. The molecule has 2 atom stereocenters. The predicted molar refractivity (Wildman–Crippen MR) is 66.5 cm³/mol. The summed E-state index contributed by atoms with van der Waals surface area (Å²) in [6.07, 6.45) is 4.13. The zero-order valence-electron chi connectivity index (χ0n) is 10.2. The Hall–Kier alpha value is -0.860. The zero-order valence-corrected chi connectivity index (χ0v) is 10.2. The molecule has 2 nitrogen and oxygen atoms in total. The molecule has 1 N–H and O–H groups in total. The van der Waals surface area contributed by atoms with Crippen LogP contribution in [0.3, 0.4) is 0 Å². The van der Waals surface area contributed by atoms with Crippen molar-refractivity contribution in [2.75, 3.05) is 7.11 Å². The molecule has 0 bridgehead atoms. The Morgan fingerprint density at radius 1 is 1.31 bits per heavy atom. The van der Waals surface area contributed by atoms with Gasteiger partial charge >= 0.3 is 0 Å². The molecule has 0 heterocycles. The van der Waals surface area contributed by atoms with Crippen molar-refractivity contribution >= 4 is 0 Å². The molecule has 0 radical (unpaired) electrons. The first-order valence-corrected chi connectivity index (χ1v) is 6.12. The summed E-state index contributed by atoms with van der Waals surface area (Å²) in [5, 5.41) is 3.61. The first kappa shape index (κ1) is 11.6. The van der Waals surface area contributed by atoms with Gasteiger partial charge in [-0.3, -0.25) is 0 Å². The predicted octanol–water partition coefficient (Wildman–Crippen LogP) is 2.65. The van der Waals surface area contributed by atoms with Crippen molar-refractivity contribution in [1.82, 2.24) is 5.32 Å². The molecule has 1 saturated carbocycles. The number of benzene rings is 1. The lowest BCUT2D eigenvalue weighted by molar-refractivity contribution is 0.0847. The molecular weight excluding hydrogens is 198 g/mol. The molecule has 1 aliphatic rings. The average Bonchev–Trinajstić information content (AvgIpc) is 2.75. The summed E-state index contributed by atoms with van der Waals surface area (Å²) in [6.45, 7) is 3.12. The van der Waals surface area contributed by atoms with Crippen LogP contribution in [0.15, 0.2) is 24.3 Å². The third-order valence-electron chi connectivity index (χ3n) is 3.57. The highest BCUT2D eigenvalue weighted by atomic mass is 16.5. The molecule has 2 rings (SSSR count). The second kappa shape index (κ2) is 5.46. The highest BCUT2D eigenvalue weighted by molar-refractivity contribution is 5.25. The summed E-state index contributed by atoms with van der Waals surface area (Å²) >= 11 is 0. The molecule has 0 amide bonds. The summed E-state index contributed by atoms with van der Waals surface area (Å²) in [7, 11) is 1.82. The van der Waals surface area contributed by atoms with Crippen LogP contribution >= 0.6 is 0 Å². The summed E-state index contributed by atoms with van der Waals surface area (Å²) in [5.74, 6) is 0. The van der Waals surface area contributed by atoms with Crippen LogP contribution in [0.25, 0.3) is 0 Å². The van der Waals surface area contributed by atoms with Crippen molar-refractivity contribution in [2.24, 2.45) is 0 Å². The van der Waals surface area contributed by atoms with E-state index in [4.69, 9.17) is 4.74 Å². The Morgan fingerprint density at radius 3 is 2.88 bits per heavy atom. The maximum Gasteiger partial charge on any atom is 0.0724 e. The first-order valence-electron chi connectivity index (χ1n) is 6.12. The molecule has 0 aliphatic heterocycles. The van der Waals surface area contributed by atoms with Gasteiger partial charge < -0.3 is 10.1 Å². The van der Waals surface area contributed by atoms with E-state index in [9.17, 15) is 0 Å². The number of methoxy groups -OCH3 is 1. The van der Waals surface area contributed by atoms with Crippen LogP contribution in [0.4, 0.5) is 0 Å². The van der Waals surface area contributed by atoms with E-state index in [-0.39, 0.29) is 0 Å². The van der Waals surface area contributed by atoms with Gasteiger partial charge in [0.05, 0.1) is 6.10 Å². The minimum Gasteiger partial charge on any atom is -0.380 e. The highest BCUT2D eigenvalue weighted by Crippen LogP contribution is 2.22. The number of aryl methyl sites for hydroxylation is 1. The molecular formula is C14H21NO. The van der Waals surface area contributed by atoms with E-state index in [1.54, 1.807) is 0 Å². The van der Waals surface area contributed by atoms with Crippen molar-refractivity contribution in [1.29, 1.82) is 0 Å². The van der Waals surface area contributed by atoms with Crippen molar-refractivity contribution in [3.05, 3.63) is 35.4 Å². The van der Waals surface area contributed by atoms with Crippen molar-refractivity contribution < 1.29 is 4.74 Å². The van der Waals surface area contributed by atoms with Crippen LogP contribution in [-0.2, 0) is 11.3 Å². The molecule has 16 heavy (non-hydrogen) atoms. The summed E-state index contributed by atoms with van der Waals surface area (Å²) in [5.41, 5.74) is 2.76. The summed E-state index contributed by atoms with van der Waals surface area (Å²) in [6, 6.07) is 9.09. The topological polar surface area (TPSA) is 21.3 Å². The molecule has 1 aromatic carbocycles. The average molecular weight is 219 g/mol. The van der Waals surface area contributed by atoms with Gasteiger partial charge in [-0.15, -0.1) is 0 Å². The van der Waals surface area contributed by atoms with Crippen LogP contribution in [0.1, 0.15) is 30.4 Å². The Balaban J connectivity index is 1.90. The molecule has 0 saturated heterocycles. The normalized spacial score (nSPS) is 24.9. The minimum atomic E-state index is 0.406. The van der Waals surface area contributed by atoms with Gasteiger partial charge in [0, 0.05) is 19.7 Å². The fraction of sp³-hybridized carbons (Fsp3) is 0.571. The van der Waals surface area contributed by atoms with Gasteiger partial charge in [0.25, 0.3) is 0 Å². The van der Waals surface area contributed by atoms with Gasteiger partial charge in [-0.1, -0.05) is 24.3 Å². The minimum absolute atomic E-state index is 0.406. The van der Waals surface area contributed by atoms with Gasteiger partial charge in [0.15, 0.2) is 0 Å². The Labute approximate surface area is 98.0 Å². The smallest absolute Gasteiger partial charge is 0.0724 e. The zero-order chi connectivity index (χ0) is 11.4. The molecule has 2 unspecified atom stereocenters. The third-order valence-corrected chi connectivity index (χ3v) is 3.57. The summed E-state index contributed by atoms with van der Waals surface area (Å²) in [4.78, 5) is 0. The van der Waals surface area contributed by atoms with E-state index in [1.165, 1.54) is 30.4 Å². The Kier molecular flexibility index (Phi) is 3.97. The van der Waals surface area contributed by atoms with Crippen LogP contribution < -0.4 is 5.32 Å². The quantitative estimate of drug-likeness (QED) is 0.840. The molecule has 2 heteroatoms. The molecule has 0 aromatic heterocycles. The fourth-order valence-corrected chi connectivity index (χ4v) is 2.49. The highest BCUT2D eigenvalue weighted by Gasteiger charge is 2.26. The fourth-order valence-electron chi connectivity index (χ4n) is 2.49. The van der Waals surface area contributed by atoms with Gasteiger partial charge in [-0.25, -0.2) is 0 Å². The Morgan fingerprint density at radius 2 is 2.12 bits per heavy atom. The van der Waals surface area contributed by atoms with E-state index in [1.807, 2.05) is 7.11 Å². The van der Waals surface area contributed by atoms with E-state index >= 15 is 0 Å². The maximum atomic E-state index is 5.48. The number of rotatable bonds is 4. The largest absolute Gasteiger partial charge is 0.380 e. The second-order valence-electron chi connectivity index (χ2n) is 4.62. The van der Waals surface area contributed by atoms with E-state index in [0.29, 0.717) is 12.1 Å². The van der Waals surface area contributed by atoms with Crippen LogP contribution in [0.5, 0.6) is 0 Å². The number of nitrogens with one attached hydrogen (secondary N) is 1. The van der Waals surface area contributed by atoms with Gasteiger partial charge in [-0.05, 0) is 37.3 Å². The van der Waals surface area contributed by atoms with Crippen molar-refractivity contribution in [3.63, 3.8) is 0 Å². The lowest BCUT2D eigenvalue weighted by Crippen LogP contribution is -2.36. The third kappa shape index (κ3) is 2.63. The molecule has 0 spiro atoms. The van der Waals surface area contributed by atoms with Crippen molar-refractivity contribution in [3.8, 4) is 0 Å². The second-order valence-corrected chi connectivity index (χ2v) is 4.62. The number of ether oxygens (including phenoxy) is 1. The number of hydrogen-bond donors (Lipinski definition) is 1. The molecule has 1 aromatic rings. The molecule has 1 fully saturated rings. The van der Waals surface area contributed by atoms with Crippen LogP contribution in [0, 0.1) is 6.92 Å². The van der Waals surface area contributed by atoms with Crippen LogP contribution in [-0.4, -0.2) is 19.3 Å². The van der Waals surface area contributed by atoms with Gasteiger partial charge in [-0.2, -0.15) is 0 Å². The van der Waals surface area contributed by atoms with E-state index < -0.39 is 0 Å². The Bertz CT molecular complexity index is 337. The van der Waals surface area contributed by atoms with Gasteiger partial charge in [0.1, 0.15) is 0 Å². The number of hydrogen-bond acceptors (Lipinski definition) is 2. The standard InChI is InChI=1S/C14H21NO/c1-11-6-3-4-7-12(11)10-15-13-8-5-9-14(13)16-2/h3-4,6-7,13-15H,5,8-10H2,1-2H3. The molecule has 88 valence electrons.